The molecule has 314 valence electrons. The maximum absolute atomic E-state index is 14.7. The van der Waals surface area contributed by atoms with Crippen LogP contribution in [-0.2, 0) is 51.1 Å². The fraction of sp³-hybridized carbons (Fsp3) is 0.524. The number of hydrogen-bond donors (Lipinski definition) is 3. The Balaban J connectivity index is 1.35. The third kappa shape index (κ3) is 9.86. The van der Waals surface area contributed by atoms with Crippen molar-refractivity contribution in [2.75, 3.05) is 19.6 Å². The molecule has 8 atom stereocenters. The number of aryl methyl sites for hydroxylation is 1. The molecule has 4 fully saturated rings. The van der Waals surface area contributed by atoms with Crippen LogP contribution in [-0.4, -0.2) is 124 Å². The lowest BCUT2D eigenvalue weighted by molar-refractivity contribution is -0.163. The summed E-state index contributed by atoms with van der Waals surface area (Å²) < 4.78 is 34.5. The van der Waals surface area contributed by atoms with Gasteiger partial charge in [-0.15, -0.1) is 0 Å². The van der Waals surface area contributed by atoms with Crippen molar-refractivity contribution in [3.05, 3.63) is 82.2 Å². The Kier molecular flexibility index (Phi) is 13.3. The first-order valence-corrected chi connectivity index (χ1v) is 20.0. The predicted molar refractivity (Wildman–Crippen MR) is 207 cm³/mol. The molecule has 0 spiro atoms. The Morgan fingerprint density at radius 1 is 0.864 bits per heavy atom. The van der Waals surface area contributed by atoms with Crippen LogP contribution < -0.4 is 16.0 Å². The first-order chi connectivity index (χ1) is 28.1. The minimum Gasteiger partial charge on any atom is -0.458 e. The molecule has 2 aromatic carbocycles. The van der Waals surface area contributed by atoms with Gasteiger partial charge in [-0.3, -0.25) is 28.8 Å². The van der Waals surface area contributed by atoms with Gasteiger partial charge in [-0.05, 0) is 76.1 Å². The molecule has 59 heavy (non-hydrogen) atoms. The second kappa shape index (κ2) is 18.3. The molecule has 0 saturated carbocycles. The van der Waals surface area contributed by atoms with Gasteiger partial charge in [0, 0.05) is 25.6 Å². The molecule has 4 aliphatic heterocycles. The SMILES string of the molecule is [C-]#[N+][C@H]1C[C@H]2C(=O)O[C@@H](C)[C@H](NC(=O)[C@H](Cc3cc(F)cc(F)c3)NC(=O)Cc3ccc(C)cc3)C(=O)N3CCC[C@H]3C(=O)N3CCCC[C@H]3C(=O)N[C@@H](C)C(=O)N2C1. The summed E-state index contributed by atoms with van der Waals surface area (Å²) in [6.07, 6.45) is 0.172. The minimum atomic E-state index is -1.66. The number of cyclic esters (lactones) is 1. The lowest BCUT2D eigenvalue weighted by Gasteiger charge is -2.39. The maximum atomic E-state index is 14.7. The smallest absolute Gasteiger partial charge is 0.329 e. The van der Waals surface area contributed by atoms with Crippen molar-refractivity contribution >= 4 is 41.4 Å². The highest BCUT2D eigenvalue weighted by Crippen LogP contribution is 2.28. The molecular weight excluding hydrogens is 768 g/mol. The minimum absolute atomic E-state index is 0.0296. The number of ether oxygens (including phenoxy) is 1. The molecule has 0 aromatic heterocycles. The Morgan fingerprint density at radius 2 is 1.53 bits per heavy atom. The van der Waals surface area contributed by atoms with Crippen molar-refractivity contribution in [1.82, 2.24) is 30.7 Å². The molecule has 6 amide bonds. The van der Waals surface area contributed by atoms with Crippen molar-refractivity contribution in [2.24, 2.45) is 0 Å². The van der Waals surface area contributed by atoms with Crippen molar-refractivity contribution in [1.29, 1.82) is 0 Å². The molecular formula is C42H49F2N7O8. The fourth-order valence-electron chi connectivity index (χ4n) is 8.39. The van der Waals surface area contributed by atoms with Crippen LogP contribution >= 0.6 is 0 Å². The summed E-state index contributed by atoms with van der Waals surface area (Å²) in [7, 11) is 0. The van der Waals surface area contributed by atoms with Gasteiger partial charge in [-0.2, -0.15) is 0 Å². The Hall–Kier alpha value is -5.92. The third-order valence-electron chi connectivity index (χ3n) is 11.5. The quantitative estimate of drug-likeness (QED) is 0.280. The van der Waals surface area contributed by atoms with Crippen LogP contribution in [0.1, 0.15) is 69.1 Å². The summed E-state index contributed by atoms with van der Waals surface area (Å²) in [4.78, 5) is 106. The number of nitrogens with zero attached hydrogens (tertiary/aromatic N) is 4. The van der Waals surface area contributed by atoms with Crippen LogP contribution in [0.4, 0.5) is 8.78 Å². The van der Waals surface area contributed by atoms with Crippen LogP contribution in [0.15, 0.2) is 42.5 Å². The molecule has 4 saturated heterocycles. The lowest BCUT2D eigenvalue weighted by Crippen LogP contribution is -2.63. The molecule has 15 nitrogen and oxygen atoms in total. The Labute approximate surface area is 341 Å². The van der Waals surface area contributed by atoms with Crippen LogP contribution in [0.5, 0.6) is 0 Å². The van der Waals surface area contributed by atoms with E-state index in [-0.39, 0.29) is 44.5 Å². The average molecular weight is 818 g/mol. The number of amides is 6. The normalized spacial score (nSPS) is 27.2. The van der Waals surface area contributed by atoms with E-state index in [1.807, 2.05) is 19.1 Å². The summed E-state index contributed by atoms with van der Waals surface area (Å²) in [6.45, 7) is 12.5. The highest BCUT2D eigenvalue weighted by molar-refractivity contribution is 5.98. The molecule has 4 aliphatic rings. The van der Waals surface area contributed by atoms with Crippen molar-refractivity contribution in [2.45, 2.75) is 121 Å². The molecule has 17 heteroatoms. The maximum Gasteiger partial charge on any atom is 0.329 e. The molecule has 4 heterocycles. The number of benzene rings is 2. The van der Waals surface area contributed by atoms with Gasteiger partial charge >= 0.3 is 5.97 Å². The van der Waals surface area contributed by atoms with E-state index in [2.05, 4.69) is 20.8 Å². The van der Waals surface area contributed by atoms with E-state index in [9.17, 15) is 42.3 Å². The summed E-state index contributed by atoms with van der Waals surface area (Å²) in [5.41, 5.74) is 1.62. The van der Waals surface area contributed by atoms with E-state index < -0.39 is 108 Å². The van der Waals surface area contributed by atoms with E-state index >= 15 is 0 Å². The highest BCUT2D eigenvalue weighted by atomic mass is 19.1. The second-order valence-corrected chi connectivity index (χ2v) is 15.9. The zero-order chi connectivity index (χ0) is 42.5. The molecule has 0 bridgehead atoms. The molecule has 0 radical (unpaired) electrons. The number of carbonyl (C=O) groups excluding carboxylic acids is 7. The van der Waals surface area contributed by atoms with Crippen LogP contribution in [0, 0.1) is 25.1 Å². The topological polar surface area (TPSA) is 179 Å². The van der Waals surface area contributed by atoms with Gasteiger partial charge in [0.25, 0.3) is 0 Å². The number of nitrogens with one attached hydrogen (secondary N) is 3. The first-order valence-electron chi connectivity index (χ1n) is 20.0. The third-order valence-corrected chi connectivity index (χ3v) is 11.5. The molecule has 6 rings (SSSR count). The number of piperidine rings is 1. The number of fused-ring (bicyclic) bond motifs is 3. The van der Waals surface area contributed by atoms with E-state index in [1.54, 1.807) is 12.1 Å². The number of rotatable bonds is 7. The zero-order valence-corrected chi connectivity index (χ0v) is 33.2. The molecule has 0 unspecified atom stereocenters. The standard InChI is InChI=1S/C42H49F2N7O8/c1-23-10-12-26(13-11-23)19-35(52)47-31(18-27-16-28(43)20-29(44)17-27)37(53)48-36-25(3)59-42(58)34-21-30(45-4)22-51(34)39(55)24(2)46-38(54)32-8-5-6-14-49(32)40(56)33-9-7-15-50(33)41(36)57/h10-13,16-17,20,24-25,30-34,36H,5-9,14-15,18-19,21-22H2,1-3H3,(H,46,54)(H,47,52)(H,48,53)/t24-,25-,30-,31-,32-,33-,34-,36-/m0/s1. The highest BCUT2D eigenvalue weighted by Gasteiger charge is 2.49. The van der Waals surface area contributed by atoms with Crippen LogP contribution in [0.3, 0.4) is 0 Å². The van der Waals surface area contributed by atoms with Crippen LogP contribution in [0.25, 0.3) is 4.85 Å². The molecule has 0 aliphatic carbocycles. The van der Waals surface area contributed by atoms with Crippen molar-refractivity contribution < 1.29 is 47.1 Å². The van der Waals surface area contributed by atoms with Gasteiger partial charge in [0.2, 0.25) is 41.5 Å². The number of halogens is 2. The summed E-state index contributed by atoms with van der Waals surface area (Å²) in [5, 5.41) is 7.97. The molecule has 3 N–H and O–H groups in total. The number of hydrogen-bond acceptors (Lipinski definition) is 8. The van der Waals surface area contributed by atoms with Gasteiger partial charge in [-0.25, -0.2) is 20.1 Å². The summed E-state index contributed by atoms with van der Waals surface area (Å²) in [6, 6.07) is 1.55. The lowest BCUT2D eigenvalue weighted by atomic mass is 9.99. The van der Waals surface area contributed by atoms with E-state index in [1.165, 1.54) is 28.5 Å². The zero-order valence-electron chi connectivity index (χ0n) is 33.2. The van der Waals surface area contributed by atoms with Gasteiger partial charge in [0.1, 0.15) is 54.0 Å². The van der Waals surface area contributed by atoms with Crippen LogP contribution in [0.2, 0.25) is 0 Å². The predicted octanol–water partition coefficient (Wildman–Crippen LogP) is 1.74. The van der Waals surface area contributed by atoms with Gasteiger partial charge in [0.15, 0.2) is 0 Å². The van der Waals surface area contributed by atoms with Crippen molar-refractivity contribution in [3.8, 4) is 0 Å². The first kappa shape index (κ1) is 42.7. The van der Waals surface area contributed by atoms with Crippen molar-refractivity contribution in [3.63, 3.8) is 0 Å². The van der Waals surface area contributed by atoms with E-state index in [0.29, 0.717) is 37.3 Å². The summed E-state index contributed by atoms with van der Waals surface area (Å²) >= 11 is 0. The number of esters is 1. The summed E-state index contributed by atoms with van der Waals surface area (Å²) in [5.74, 6) is -6.79. The Morgan fingerprint density at radius 3 is 2.22 bits per heavy atom. The van der Waals surface area contributed by atoms with Gasteiger partial charge in [-0.1, -0.05) is 29.8 Å². The molecule has 2 aromatic rings. The second-order valence-electron chi connectivity index (χ2n) is 15.9. The van der Waals surface area contributed by atoms with E-state index in [4.69, 9.17) is 11.3 Å². The Bertz CT molecular complexity index is 2010. The van der Waals surface area contributed by atoms with E-state index in [0.717, 1.165) is 17.7 Å². The number of carbonyl (C=O) groups is 7. The van der Waals surface area contributed by atoms with Gasteiger partial charge in [0.05, 0.1) is 19.4 Å². The monoisotopic (exact) mass is 817 g/mol. The average Bonchev–Trinajstić information content (AvgIpc) is 3.87. The fourth-order valence-corrected chi connectivity index (χ4v) is 8.39. The largest absolute Gasteiger partial charge is 0.458 e. The van der Waals surface area contributed by atoms with Gasteiger partial charge < -0.3 is 40.2 Å².